The van der Waals surface area contributed by atoms with Crippen LogP contribution in [-0.2, 0) is 35.2 Å². The van der Waals surface area contributed by atoms with Crippen molar-refractivity contribution in [2.24, 2.45) is 17.4 Å². The number of nitrogens with two attached hydrogens (primary N) is 2. The molecule has 1 rings (SSSR count). The van der Waals surface area contributed by atoms with Crippen LogP contribution in [-0.4, -0.2) is 69.9 Å². The van der Waals surface area contributed by atoms with Gasteiger partial charge in [0, 0.05) is 12.8 Å². The summed E-state index contributed by atoms with van der Waals surface area (Å²) in [5.74, 6) is -6.44. The highest BCUT2D eigenvalue weighted by Crippen LogP contribution is 2.08. The fourth-order valence-corrected chi connectivity index (χ4v) is 3.11. The molecule has 1 aromatic rings. The van der Waals surface area contributed by atoms with Gasteiger partial charge in [0.2, 0.25) is 23.6 Å². The summed E-state index contributed by atoms with van der Waals surface area (Å²) in [5.41, 5.74) is 11.6. The zero-order valence-corrected chi connectivity index (χ0v) is 20.1. The third-order valence-corrected chi connectivity index (χ3v) is 5.24. The van der Waals surface area contributed by atoms with Crippen LogP contribution >= 0.6 is 0 Å². The first kappa shape index (κ1) is 30.0. The van der Waals surface area contributed by atoms with Crippen LogP contribution in [0.15, 0.2) is 30.3 Å². The van der Waals surface area contributed by atoms with Crippen LogP contribution in [0.2, 0.25) is 0 Å². The van der Waals surface area contributed by atoms with Crippen molar-refractivity contribution in [1.29, 1.82) is 0 Å². The second-order valence-corrected chi connectivity index (χ2v) is 8.58. The molecule has 0 radical (unpaired) electrons. The highest BCUT2D eigenvalue weighted by Gasteiger charge is 2.31. The van der Waals surface area contributed by atoms with Gasteiger partial charge in [0.25, 0.3) is 0 Å². The number of hydrogen-bond donors (Lipinski definition) is 7. The molecule has 0 aliphatic heterocycles. The quantitative estimate of drug-likeness (QED) is 0.146. The van der Waals surface area contributed by atoms with E-state index in [0.717, 1.165) is 0 Å². The van der Waals surface area contributed by atoms with E-state index in [9.17, 15) is 33.9 Å². The number of benzene rings is 1. The molecule has 0 fully saturated rings. The molecule has 4 unspecified atom stereocenters. The highest BCUT2D eigenvalue weighted by molar-refractivity contribution is 5.95. The van der Waals surface area contributed by atoms with E-state index in [-0.39, 0.29) is 18.8 Å². The van der Waals surface area contributed by atoms with E-state index in [1.54, 1.807) is 44.2 Å². The number of amides is 4. The van der Waals surface area contributed by atoms with Gasteiger partial charge in [0.15, 0.2) is 0 Å². The van der Waals surface area contributed by atoms with E-state index in [2.05, 4.69) is 16.0 Å². The summed E-state index contributed by atoms with van der Waals surface area (Å²) in [4.78, 5) is 72.0. The van der Waals surface area contributed by atoms with Gasteiger partial charge in [-0.2, -0.15) is 0 Å². The predicted molar refractivity (Wildman–Crippen MR) is 127 cm³/mol. The van der Waals surface area contributed by atoms with Gasteiger partial charge >= 0.3 is 11.9 Å². The van der Waals surface area contributed by atoms with E-state index in [1.165, 1.54) is 0 Å². The second-order valence-electron chi connectivity index (χ2n) is 8.58. The zero-order valence-electron chi connectivity index (χ0n) is 20.1. The lowest BCUT2D eigenvalue weighted by Gasteiger charge is -2.25. The Hall–Kier alpha value is -4.00. The van der Waals surface area contributed by atoms with Crippen molar-refractivity contribution in [2.75, 3.05) is 0 Å². The molecule has 9 N–H and O–H groups in total. The molecule has 4 atom stereocenters. The summed E-state index contributed by atoms with van der Waals surface area (Å²) >= 11 is 0. The lowest BCUT2D eigenvalue weighted by Crippen LogP contribution is -2.58. The number of carboxylic acids is 2. The minimum atomic E-state index is -1.68. The molecule has 0 saturated carbocycles. The summed E-state index contributed by atoms with van der Waals surface area (Å²) in [6.45, 7) is 3.46. The average molecular weight is 508 g/mol. The molecule has 0 saturated heterocycles. The minimum Gasteiger partial charge on any atom is -0.481 e. The lowest BCUT2D eigenvalue weighted by molar-refractivity contribution is -0.144. The molecule has 0 aromatic heterocycles. The van der Waals surface area contributed by atoms with Crippen molar-refractivity contribution in [3.63, 3.8) is 0 Å². The van der Waals surface area contributed by atoms with Gasteiger partial charge in [-0.3, -0.25) is 24.0 Å². The van der Waals surface area contributed by atoms with Crippen LogP contribution in [0.25, 0.3) is 0 Å². The third kappa shape index (κ3) is 10.5. The first-order chi connectivity index (χ1) is 16.8. The Morgan fingerprint density at radius 2 is 1.36 bits per heavy atom. The summed E-state index contributed by atoms with van der Waals surface area (Å²) in [5, 5.41) is 25.3. The zero-order chi connectivity index (χ0) is 27.4. The van der Waals surface area contributed by atoms with E-state index in [1.807, 2.05) is 0 Å². The van der Waals surface area contributed by atoms with Gasteiger partial charge in [-0.25, -0.2) is 4.79 Å². The smallest absolute Gasteiger partial charge is 0.326 e. The van der Waals surface area contributed by atoms with Crippen LogP contribution in [0.5, 0.6) is 0 Å². The van der Waals surface area contributed by atoms with Crippen LogP contribution in [0.3, 0.4) is 0 Å². The maximum atomic E-state index is 13.1. The van der Waals surface area contributed by atoms with E-state index < -0.39 is 72.6 Å². The fraction of sp³-hybridized carbons (Fsp3) is 0.478. The molecule has 198 valence electrons. The predicted octanol–water partition coefficient (Wildman–Crippen LogP) is -1.51. The molecule has 1 aromatic carbocycles. The number of hydrogen-bond acceptors (Lipinski definition) is 7. The first-order valence-electron chi connectivity index (χ1n) is 11.2. The largest absolute Gasteiger partial charge is 0.481 e. The highest BCUT2D eigenvalue weighted by atomic mass is 16.4. The van der Waals surface area contributed by atoms with Crippen molar-refractivity contribution < 1.29 is 39.0 Å². The summed E-state index contributed by atoms with van der Waals surface area (Å²) in [7, 11) is 0. The Kier molecular flexibility index (Phi) is 12.0. The fourth-order valence-electron chi connectivity index (χ4n) is 3.11. The number of aliphatic carboxylic acids is 2. The molecule has 13 nitrogen and oxygen atoms in total. The Morgan fingerprint density at radius 3 is 1.86 bits per heavy atom. The number of primary amides is 1. The van der Waals surface area contributed by atoms with E-state index in [4.69, 9.17) is 16.6 Å². The van der Waals surface area contributed by atoms with Gasteiger partial charge < -0.3 is 37.6 Å². The Bertz CT molecular complexity index is 953. The normalized spacial score (nSPS) is 14.1. The van der Waals surface area contributed by atoms with Crippen molar-refractivity contribution in [3.05, 3.63) is 35.9 Å². The van der Waals surface area contributed by atoms with E-state index >= 15 is 0 Å². The Balaban J connectivity index is 3.14. The maximum absolute atomic E-state index is 13.1. The molecule has 0 bridgehead atoms. The summed E-state index contributed by atoms with van der Waals surface area (Å²) < 4.78 is 0. The lowest BCUT2D eigenvalue weighted by atomic mass is 10.0. The number of carboxylic acid groups (broad SMARTS) is 2. The monoisotopic (exact) mass is 507 g/mol. The summed E-state index contributed by atoms with van der Waals surface area (Å²) in [6.07, 6.45) is -1.58. The van der Waals surface area contributed by atoms with Crippen molar-refractivity contribution in [1.82, 2.24) is 16.0 Å². The van der Waals surface area contributed by atoms with Crippen LogP contribution in [0, 0.1) is 5.92 Å². The molecule has 36 heavy (non-hydrogen) atoms. The van der Waals surface area contributed by atoms with Crippen molar-refractivity contribution >= 4 is 35.6 Å². The number of carbonyl (C=O) groups excluding carboxylic acids is 4. The van der Waals surface area contributed by atoms with Crippen molar-refractivity contribution in [3.8, 4) is 0 Å². The molecule has 0 aliphatic rings. The number of carbonyl (C=O) groups is 6. The maximum Gasteiger partial charge on any atom is 0.326 e. The van der Waals surface area contributed by atoms with Crippen LogP contribution < -0.4 is 27.4 Å². The van der Waals surface area contributed by atoms with E-state index in [0.29, 0.717) is 5.56 Å². The molecule has 0 aliphatic carbocycles. The molecular formula is C23H33N5O8. The van der Waals surface area contributed by atoms with Crippen LogP contribution in [0.4, 0.5) is 0 Å². The van der Waals surface area contributed by atoms with Crippen molar-refractivity contribution in [2.45, 2.75) is 63.7 Å². The minimum absolute atomic E-state index is 0.0376. The number of nitrogens with one attached hydrogen (secondary N) is 3. The standard InChI is InChI=1S/C23H33N5O8/c1-12(2)19(25)22(34)27-15(10-13-6-4-3-5-7-13)21(33)26-14(8-9-18(30)31)20(32)28-16(23(35)36)11-17(24)29/h3-7,12,14-16,19H,8-11,25H2,1-2H3,(H2,24,29)(H,26,33)(H,27,34)(H,28,32)(H,30,31)(H,35,36). The van der Waals surface area contributed by atoms with Gasteiger partial charge in [-0.15, -0.1) is 0 Å². The molecule has 4 amide bonds. The van der Waals surface area contributed by atoms with Gasteiger partial charge in [0.05, 0.1) is 12.5 Å². The average Bonchev–Trinajstić information content (AvgIpc) is 2.80. The topological polar surface area (TPSA) is 231 Å². The molecule has 0 spiro atoms. The SMILES string of the molecule is CC(C)C(N)C(=O)NC(Cc1ccccc1)C(=O)NC(CCC(=O)O)C(=O)NC(CC(N)=O)C(=O)O. The Morgan fingerprint density at radius 1 is 0.833 bits per heavy atom. The van der Waals surface area contributed by atoms with Gasteiger partial charge in [-0.1, -0.05) is 44.2 Å². The molecular weight excluding hydrogens is 474 g/mol. The van der Waals surface area contributed by atoms with Gasteiger partial charge in [-0.05, 0) is 17.9 Å². The summed E-state index contributed by atoms with van der Waals surface area (Å²) in [6, 6.07) is 3.46. The molecule has 0 heterocycles. The first-order valence-corrected chi connectivity index (χ1v) is 11.2. The Labute approximate surface area is 208 Å². The van der Waals surface area contributed by atoms with Crippen LogP contribution in [0.1, 0.15) is 38.7 Å². The van der Waals surface area contributed by atoms with Gasteiger partial charge in [0.1, 0.15) is 18.1 Å². The number of rotatable bonds is 15. The second kappa shape index (κ2) is 14.4. The third-order valence-electron chi connectivity index (χ3n) is 5.24. The molecule has 13 heteroatoms.